The Balaban J connectivity index is 2.17. The summed E-state index contributed by atoms with van der Waals surface area (Å²) in [7, 11) is 0. The molecule has 1 aliphatic heterocycles. The molecule has 1 atom stereocenters. The highest BCUT2D eigenvalue weighted by Crippen LogP contribution is 2.05. The van der Waals surface area contributed by atoms with Crippen LogP contribution in [0.2, 0.25) is 0 Å². The minimum Gasteiger partial charge on any atom is -0.480 e. The summed E-state index contributed by atoms with van der Waals surface area (Å²) in [6.45, 7) is 3.66. The second-order valence-corrected chi connectivity index (χ2v) is 5.10. The average molecular weight is 290 g/mol. The summed E-state index contributed by atoms with van der Waals surface area (Å²) in [5, 5.41) is 10.9. The van der Waals surface area contributed by atoms with Gasteiger partial charge in [0.25, 0.3) is 0 Å². The number of nitrogens with zero attached hydrogens (tertiary/aromatic N) is 1. The van der Waals surface area contributed by atoms with Gasteiger partial charge in [-0.1, -0.05) is 0 Å². The molecule has 0 bridgehead atoms. The molecule has 1 saturated heterocycles. The first-order chi connectivity index (χ1) is 9.00. The number of hydrogen-bond donors (Lipinski definition) is 2. The molecule has 0 radical (unpaired) electrons. The van der Waals surface area contributed by atoms with E-state index in [0.717, 1.165) is 0 Å². The lowest BCUT2D eigenvalue weighted by Crippen LogP contribution is -2.42. The predicted molar refractivity (Wildman–Crippen MR) is 70.0 cm³/mol. The van der Waals surface area contributed by atoms with Crippen LogP contribution in [0.1, 0.15) is 6.92 Å². The molecule has 0 saturated carbocycles. The second-order valence-electron chi connectivity index (χ2n) is 4.11. The molecule has 0 spiro atoms. The maximum atomic E-state index is 11.7. The lowest BCUT2D eigenvalue weighted by molar-refractivity contribution is -0.140. The number of carbonyl (C=O) groups excluding carboxylic acids is 2. The molecule has 0 aromatic heterocycles. The molecule has 2 amide bonds. The first kappa shape index (κ1) is 15.8. The van der Waals surface area contributed by atoms with E-state index in [2.05, 4.69) is 5.32 Å². The van der Waals surface area contributed by atoms with E-state index in [0.29, 0.717) is 26.3 Å². The van der Waals surface area contributed by atoms with Crippen molar-refractivity contribution in [1.82, 2.24) is 10.2 Å². The standard InChI is InChI=1S/C11H18N2O5S/c1-8(11(16)17)12-9(14)6-19-7-10(15)13-2-4-18-5-3-13/h8H,2-7H2,1H3,(H,12,14)(H,16,17). The van der Waals surface area contributed by atoms with Crippen molar-refractivity contribution in [2.24, 2.45) is 0 Å². The molecule has 1 heterocycles. The van der Waals surface area contributed by atoms with E-state index >= 15 is 0 Å². The highest BCUT2D eigenvalue weighted by atomic mass is 32.2. The van der Waals surface area contributed by atoms with Crippen molar-refractivity contribution >= 4 is 29.5 Å². The van der Waals surface area contributed by atoms with Gasteiger partial charge in [0.15, 0.2) is 0 Å². The number of carboxylic acid groups (broad SMARTS) is 1. The van der Waals surface area contributed by atoms with Crippen LogP contribution in [-0.2, 0) is 19.1 Å². The van der Waals surface area contributed by atoms with Gasteiger partial charge in [-0.3, -0.25) is 14.4 Å². The second kappa shape index (κ2) is 8.00. The largest absolute Gasteiger partial charge is 0.480 e. The molecule has 1 rings (SSSR count). The van der Waals surface area contributed by atoms with E-state index in [1.807, 2.05) is 0 Å². The van der Waals surface area contributed by atoms with E-state index in [1.165, 1.54) is 18.7 Å². The van der Waals surface area contributed by atoms with Crippen LogP contribution in [-0.4, -0.2) is 71.6 Å². The Bertz CT molecular complexity index is 344. The average Bonchev–Trinajstić information content (AvgIpc) is 2.39. The SMILES string of the molecule is CC(NC(=O)CSCC(=O)N1CCOCC1)C(=O)O. The fraction of sp³-hybridized carbons (Fsp3) is 0.727. The zero-order chi connectivity index (χ0) is 14.3. The highest BCUT2D eigenvalue weighted by molar-refractivity contribution is 8.00. The third-order valence-electron chi connectivity index (χ3n) is 2.57. The lowest BCUT2D eigenvalue weighted by Gasteiger charge is -2.26. The molecule has 1 fully saturated rings. The quantitative estimate of drug-likeness (QED) is 0.663. The lowest BCUT2D eigenvalue weighted by atomic mass is 10.3. The van der Waals surface area contributed by atoms with Crippen LogP contribution in [0.25, 0.3) is 0 Å². The fourth-order valence-corrected chi connectivity index (χ4v) is 2.21. The van der Waals surface area contributed by atoms with E-state index < -0.39 is 12.0 Å². The Hall–Kier alpha value is -1.28. The summed E-state index contributed by atoms with van der Waals surface area (Å²) in [5.41, 5.74) is 0. The minimum absolute atomic E-state index is 0.0209. The van der Waals surface area contributed by atoms with Gasteiger partial charge >= 0.3 is 5.97 Å². The van der Waals surface area contributed by atoms with Gasteiger partial charge < -0.3 is 20.1 Å². The number of carbonyl (C=O) groups is 3. The predicted octanol–water partition coefficient (Wildman–Crippen LogP) is -0.832. The Morgan fingerprint density at radius 2 is 1.95 bits per heavy atom. The number of carboxylic acids is 1. The van der Waals surface area contributed by atoms with Crippen molar-refractivity contribution in [2.45, 2.75) is 13.0 Å². The molecule has 7 nitrogen and oxygen atoms in total. The Morgan fingerprint density at radius 3 is 2.53 bits per heavy atom. The molecule has 1 unspecified atom stereocenters. The van der Waals surface area contributed by atoms with E-state index in [1.54, 1.807) is 4.90 Å². The van der Waals surface area contributed by atoms with Crippen molar-refractivity contribution in [3.05, 3.63) is 0 Å². The van der Waals surface area contributed by atoms with Crippen molar-refractivity contribution in [2.75, 3.05) is 37.8 Å². The van der Waals surface area contributed by atoms with Gasteiger partial charge in [0.1, 0.15) is 6.04 Å². The molecule has 0 aliphatic carbocycles. The third kappa shape index (κ3) is 5.93. The van der Waals surface area contributed by atoms with Crippen LogP contribution in [0.15, 0.2) is 0 Å². The topological polar surface area (TPSA) is 95.9 Å². The van der Waals surface area contributed by atoms with Gasteiger partial charge in [-0.2, -0.15) is 0 Å². The first-order valence-corrected chi connectivity index (χ1v) is 7.11. The van der Waals surface area contributed by atoms with Gasteiger partial charge in [0.2, 0.25) is 11.8 Å². The van der Waals surface area contributed by atoms with E-state index in [9.17, 15) is 14.4 Å². The molecule has 108 valence electrons. The highest BCUT2D eigenvalue weighted by Gasteiger charge is 2.18. The van der Waals surface area contributed by atoms with E-state index in [4.69, 9.17) is 9.84 Å². The van der Waals surface area contributed by atoms with Gasteiger partial charge in [0.05, 0.1) is 24.7 Å². The van der Waals surface area contributed by atoms with Crippen molar-refractivity contribution in [3.63, 3.8) is 0 Å². The fourth-order valence-electron chi connectivity index (χ4n) is 1.48. The Kier molecular flexibility index (Phi) is 6.65. The summed E-state index contributed by atoms with van der Waals surface area (Å²) < 4.78 is 5.14. The maximum Gasteiger partial charge on any atom is 0.325 e. The number of aliphatic carboxylic acids is 1. The molecular formula is C11H18N2O5S. The number of nitrogens with one attached hydrogen (secondary N) is 1. The van der Waals surface area contributed by atoms with Crippen molar-refractivity contribution in [1.29, 1.82) is 0 Å². The Labute approximate surface area is 115 Å². The third-order valence-corrected chi connectivity index (χ3v) is 3.49. The van der Waals surface area contributed by atoms with Gasteiger partial charge in [-0.05, 0) is 6.92 Å². The molecule has 8 heteroatoms. The molecule has 0 aromatic carbocycles. The first-order valence-electron chi connectivity index (χ1n) is 5.96. The molecule has 19 heavy (non-hydrogen) atoms. The molecule has 2 N–H and O–H groups in total. The molecular weight excluding hydrogens is 272 g/mol. The summed E-state index contributed by atoms with van der Waals surface area (Å²) in [6.07, 6.45) is 0. The number of rotatable bonds is 6. The zero-order valence-corrected chi connectivity index (χ0v) is 11.6. The summed E-state index contributed by atoms with van der Waals surface area (Å²) >= 11 is 1.18. The maximum absolute atomic E-state index is 11.7. The zero-order valence-electron chi connectivity index (χ0n) is 10.8. The Morgan fingerprint density at radius 1 is 1.32 bits per heavy atom. The van der Waals surface area contributed by atoms with Crippen molar-refractivity contribution in [3.8, 4) is 0 Å². The normalized spacial score (nSPS) is 16.8. The smallest absolute Gasteiger partial charge is 0.325 e. The summed E-state index contributed by atoms with van der Waals surface area (Å²) in [4.78, 5) is 35.3. The van der Waals surface area contributed by atoms with Gasteiger partial charge in [-0.25, -0.2) is 0 Å². The minimum atomic E-state index is -1.08. The number of morpholine rings is 1. The molecule has 0 aromatic rings. The number of hydrogen-bond acceptors (Lipinski definition) is 5. The number of ether oxygens (including phenoxy) is 1. The number of amides is 2. The van der Waals surface area contributed by atoms with Crippen LogP contribution >= 0.6 is 11.8 Å². The van der Waals surface area contributed by atoms with Crippen molar-refractivity contribution < 1.29 is 24.2 Å². The van der Waals surface area contributed by atoms with Crippen LogP contribution < -0.4 is 5.32 Å². The van der Waals surface area contributed by atoms with Gasteiger partial charge in [-0.15, -0.1) is 11.8 Å². The number of thioether (sulfide) groups is 1. The van der Waals surface area contributed by atoms with Crippen LogP contribution in [0, 0.1) is 0 Å². The van der Waals surface area contributed by atoms with E-state index in [-0.39, 0.29) is 23.3 Å². The summed E-state index contributed by atoms with van der Waals surface area (Å²) in [5.74, 6) is -1.19. The van der Waals surface area contributed by atoms with Gasteiger partial charge in [0, 0.05) is 13.1 Å². The van der Waals surface area contributed by atoms with Crippen LogP contribution in [0.4, 0.5) is 0 Å². The molecule has 1 aliphatic rings. The van der Waals surface area contributed by atoms with Crippen LogP contribution in [0.5, 0.6) is 0 Å². The monoisotopic (exact) mass is 290 g/mol. The summed E-state index contributed by atoms with van der Waals surface area (Å²) in [6, 6.07) is -0.914. The van der Waals surface area contributed by atoms with Crippen LogP contribution in [0.3, 0.4) is 0 Å².